The quantitative estimate of drug-likeness (QED) is 0.627. The van der Waals surface area contributed by atoms with Crippen LogP contribution in [0.15, 0.2) is 0 Å². The Bertz CT molecular complexity index is 226. The van der Waals surface area contributed by atoms with Gasteiger partial charge in [0.05, 0.1) is 6.42 Å². The van der Waals surface area contributed by atoms with Gasteiger partial charge in [0.1, 0.15) is 0 Å². The Morgan fingerprint density at radius 2 is 1.88 bits per heavy atom. The smallest absolute Gasteiger partial charge is 0.305 e. The van der Waals surface area contributed by atoms with E-state index in [-0.39, 0.29) is 24.3 Å². The van der Waals surface area contributed by atoms with Crippen LogP contribution in [0.5, 0.6) is 0 Å². The minimum absolute atomic E-state index is 0.00279. The molecule has 0 aliphatic rings. The third-order valence-corrected chi connectivity index (χ3v) is 2.55. The third-order valence-electron chi connectivity index (χ3n) is 2.55. The summed E-state index contributed by atoms with van der Waals surface area (Å²) in [6, 6.07) is -0.258. The van der Waals surface area contributed by atoms with Crippen LogP contribution in [-0.2, 0) is 9.59 Å². The van der Waals surface area contributed by atoms with Gasteiger partial charge < -0.3 is 10.4 Å². The fourth-order valence-corrected chi connectivity index (χ4v) is 1.46. The highest BCUT2D eigenvalue weighted by Gasteiger charge is 2.18. The van der Waals surface area contributed by atoms with Gasteiger partial charge in [0.25, 0.3) is 0 Å². The number of amides is 1. The zero-order chi connectivity index (χ0) is 12.6. The topological polar surface area (TPSA) is 66.4 Å². The van der Waals surface area contributed by atoms with E-state index < -0.39 is 5.97 Å². The molecule has 0 aromatic heterocycles. The van der Waals surface area contributed by atoms with Crippen LogP contribution in [0.3, 0.4) is 0 Å². The molecule has 16 heavy (non-hydrogen) atoms. The van der Waals surface area contributed by atoms with Gasteiger partial charge in [0, 0.05) is 12.5 Å². The van der Waals surface area contributed by atoms with Gasteiger partial charge in [-0.25, -0.2) is 0 Å². The largest absolute Gasteiger partial charge is 0.481 e. The van der Waals surface area contributed by atoms with Crippen LogP contribution in [0, 0.1) is 5.92 Å². The number of carboxylic acid groups (broad SMARTS) is 1. The van der Waals surface area contributed by atoms with Crippen LogP contribution in [-0.4, -0.2) is 23.0 Å². The second-order valence-electron chi connectivity index (χ2n) is 4.47. The lowest BCUT2D eigenvalue weighted by Gasteiger charge is -2.20. The van der Waals surface area contributed by atoms with Gasteiger partial charge in [0.2, 0.25) is 5.91 Å². The maximum Gasteiger partial charge on any atom is 0.305 e. The summed E-state index contributed by atoms with van der Waals surface area (Å²) in [5.41, 5.74) is 0. The highest BCUT2D eigenvalue weighted by atomic mass is 16.4. The molecule has 0 fully saturated rings. The van der Waals surface area contributed by atoms with E-state index >= 15 is 0 Å². The number of unbranched alkanes of at least 4 members (excludes halogenated alkanes) is 2. The van der Waals surface area contributed by atoms with Gasteiger partial charge in [-0.05, 0) is 12.3 Å². The lowest BCUT2D eigenvalue weighted by Crippen LogP contribution is -2.39. The number of hydrogen-bond acceptors (Lipinski definition) is 2. The first kappa shape index (κ1) is 14.9. The molecule has 1 unspecified atom stereocenters. The molecule has 4 heteroatoms. The lowest BCUT2D eigenvalue weighted by atomic mass is 10.0. The molecule has 0 aromatic carbocycles. The van der Waals surface area contributed by atoms with Crippen LogP contribution >= 0.6 is 0 Å². The van der Waals surface area contributed by atoms with Crippen LogP contribution < -0.4 is 5.32 Å². The fraction of sp³-hybridized carbons (Fsp3) is 0.833. The summed E-state index contributed by atoms with van der Waals surface area (Å²) in [5.74, 6) is -0.757. The molecule has 2 N–H and O–H groups in total. The molecule has 0 rings (SSSR count). The molecule has 1 amide bonds. The fourth-order valence-electron chi connectivity index (χ4n) is 1.46. The van der Waals surface area contributed by atoms with Crippen LogP contribution in [0.25, 0.3) is 0 Å². The summed E-state index contributed by atoms with van der Waals surface area (Å²) < 4.78 is 0. The Morgan fingerprint density at radius 1 is 1.25 bits per heavy atom. The monoisotopic (exact) mass is 229 g/mol. The van der Waals surface area contributed by atoms with Crippen LogP contribution in [0.1, 0.15) is 52.9 Å². The Hall–Kier alpha value is -1.06. The molecule has 0 aromatic rings. The first-order valence-corrected chi connectivity index (χ1v) is 5.98. The summed E-state index contributed by atoms with van der Waals surface area (Å²) in [7, 11) is 0. The Kier molecular flexibility index (Phi) is 7.60. The molecule has 0 radical (unpaired) electrons. The van der Waals surface area contributed by atoms with Gasteiger partial charge in [-0.3, -0.25) is 9.59 Å². The molecule has 4 nitrogen and oxygen atoms in total. The van der Waals surface area contributed by atoms with Gasteiger partial charge >= 0.3 is 5.97 Å². The van der Waals surface area contributed by atoms with Crippen molar-refractivity contribution in [2.45, 2.75) is 58.9 Å². The van der Waals surface area contributed by atoms with E-state index in [2.05, 4.69) is 12.2 Å². The minimum Gasteiger partial charge on any atom is -0.481 e. The second-order valence-corrected chi connectivity index (χ2v) is 4.47. The lowest BCUT2D eigenvalue weighted by molar-refractivity contribution is -0.138. The standard InChI is InChI=1S/C12H23NO3/c1-4-5-6-7-11(14)13-10(9(2)3)8-12(15)16/h9-10H,4-8H2,1-3H3,(H,13,14)(H,15,16). The number of rotatable bonds is 8. The van der Waals surface area contributed by atoms with Crippen molar-refractivity contribution in [1.29, 1.82) is 0 Å². The first-order chi connectivity index (χ1) is 7.47. The molecule has 0 spiro atoms. The van der Waals surface area contributed by atoms with Crippen molar-refractivity contribution in [1.82, 2.24) is 5.32 Å². The van der Waals surface area contributed by atoms with E-state index in [9.17, 15) is 9.59 Å². The molecule has 0 aliphatic carbocycles. The van der Waals surface area contributed by atoms with Gasteiger partial charge in [0.15, 0.2) is 0 Å². The number of carbonyl (C=O) groups is 2. The highest BCUT2D eigenvalue weighted by molar-refractivity contribution is 5.77. The molecule has 1 atom stereocenters. The zero-order valence-corrected chi connectivity index (χ0v) is 10.5. The van der Waals surface area contributed by atoms with E-state index in [4.69, 9.17) is 5.11 Å². The predicted octanol–water partition coefficient (Wildman–Crippen LogP) is 2.18. The number of aliphatic carboxylic acids is 1. The minimum atomic E-state index is -0.868. The molecule has 0 saturated carbocycles. The summed E-state index contributed by atoms with van der Waals surface area (Å²) in [4.78, 5) is 22.1. The van der Waals surface area contributed by atoms with Crippen molar-refractivity contribution in [3.63, 3.8) is 0 Å². The summed E-state index contributed by atoms with van der Waals surface area (Å²) >= 11 is 0. The Morgan fingerprint density at radius 3 is 2.31 bits per heavy atom. The maximum absolute atomic E-state index is 11.5. The van der Waals surface area contributed by atoms with E-state index in [0.717, 1.165) is 19.3 Å². The molecule has 0 aliphatic heterocycles. The van der Waals surface area contributed by atoms with Gasteiger partial charge in [-0.15, -0.1) is 0 Å². The normalized spacial score (nSPS) is 12.5. The Labute approximate surface area is 97.4 Å². The molecular formula is C12H23NO3. The maximum atomic E-state index is 11.5. The molecule has 0 heterocycles. The van der Waals surface area contributed by atoms with E-state index in [1.165, 1.54) is 0 Å². The number of nitrogens with one attached hydrogen (secondary N) is 1. The van der Waals surface area contributed by atoms with Crippen LogP contribution in [0.4, 0.5) is 0 Å². The van der Waals surface area contributed by atoms with Crippen molar-refractivity contribution >= 4 is 11.9 Å². The summed E-state index contributed by atoms with van der Waals surface area (Å²) in [6.07, 6.45) is 3.49. The molecule has 94 valence electrons. The van der Waals surface area contributed by atoms with Crippen molar-refractivity contribution in [3.05, 3.63) is 0 Å². The third kappa shape index (κ3) is 7.26. The average molecular weight is 229 g/mol. The Balaban J connectivity index is 3.98. The zero-order valence-electron chi connectivity index (χ0n) is 10.5. The predicted molar refractivity (Wildman–Crippen MR) is 63.2 cm³/mol. The van der Waals surface area contributed by atoms with Gasteiger partial charge in [-0.1, -0.05) is 33.6 Å². The molecule has 0 bridgehead atoms. The summed E-state index contributed by atoms with van der Waals surface area (Å²) in [6.45, 7) is 5.92. The van der Waals surface area contributed by atoms with E-state index in [1.807, 2.05) is 13.8 Å². The van der Waals surface area contributed by atoms with Crippen molar-refractivity contribution in [3.8, 4) is 0 Å². The van der Waals surface area contributed by atoms with Crippen LogP contribution in [0.2, 0.25) is 0 Å². The van der Waals surface area contributed by atoms with Crippen molar-refractivity contribution in [2.75, 3.05) is 0 Å². The average Bonchev–Trinajstić information content (AvgIpc) is 2.16. The summed E-state index contributed by atoms with van der Waals surface area (Å²) in [5, 5.41) is 11.5. The van der Waals surface area contributed by atoms with E-state index in [1.54, 1.807) is 0 Å². The number of hydrogen-bond donors (Lipinski definition) is 2. The molecular weight excluding hydrogens is 206 g/mol. The van der Waals surface area contributed by atoms with Crippen molar-refractivity contribution in [2.24, 2.45) is 5.92 Å². The number of carbonyl (C=O) groups excluding carboxylic acids is 1. The number of carboxylic acids is 1. The highest BCUT2D eigenvalue weighted by Crippen LogP contribution is 2.07. The van der Waals surface area contributed by atoms with Crippen molar-refractivity contribution < 1.29 is 14.7 Å². The van der Waals surface area contributed by atoms with E-state index in [0.29, 0.717) is 6.42 Å². The first-order valence-electron chi connectivity index (χ1n) is 5.98. The SMILES string of the molecule is CCCCCC(=O)NC(CC(=O)O)C(C)C. The second kappa shape index (κ2) is 8.13. The molecule has 0 saturated heterocycles. The van der Waals surface area contributed by atoms with Gasteiger partial charge in [-0.2, -0.15) is 0 Å².